The zero-order chi connectivity index (χ0) is 19.3. The predicted molar refractivity (Wildman–Crippen MR) is 114 cm³/mol. The first kappa shape index (κ1) is 18.0. The highest BCUT2D eigenvalue weighted by Crippen LogP contribution is 2.21. The highest BCUT2D eigenvalue weighted by atomic mass is 16.2. The minimum atomic E-state index is -0.0298. The van der Waals surface area contributed by atoms with Gasteiger partial charge in [-0.15, -0.1) is 0 Å². The highest BCUT2D eigenvalue weighted by molar-refractivity contribution is 6.06. The molecule has 1 aliphatic heterocycles. The van der Waals surface area contributed by atoms with E-state index in [1.807, 2.05) is 42.5 Å². The zero-order valence-corrected chi connectivity index (χ0v) is 16.0. The number of para-hydroxylation sites is 2. The average Bonchev–Trinajstić information content (AvgIpc) is 2.79. The summed E-state index contributed by atoms with van der Waals surface area (Å²) in [7, 11) is 1.80. The smallest absolute Gasteiger partial charge is 0.258 e. The molecule has 2 heterocycles. The van der Waals surface area contributed by atoms with Gasteiger partial charge in [0.1, 0.15) is 5.82 Å². The molecule has 1 saturated heterocycles. The standard InChI is InChI=1S/C23H24N4O/c1-25(20-8-4-2-5-9-20)23(28)19-12-13-24-22(18-19)27-16-14-26(15-17-27)21-10-6-3-7-11-21/h2-13,18H,14-17H2,1H3. The summed E-state index contributed by atoms with van der Waals surface area (Å²) in [5.74, 6) is 0.831. The second-order valence-electron chi connectivity index (χ2n) is 6.91. The molecule has 1 fully saturated rings. The molecule has 0 saturated carbocycles. The summed E-state index contributed by atoms with van der Waals surface area (Å²) in [5.41, 5.74) is 2.78. The van der Waals surface area contributed by atoms with Crippen LogP contribution in [0.1, 0.15) is 10.4 Å². The van der Waals surface area contributed by atoms with Gasteiger partial charge in [0.15, 0.2) is 0 Å². The number of rotatable bonds is 4. The maximum atomic E-state index is 12.9. The first-order valence-corrected chi connectivity index (χ1v) is 9.56. The maximum absolute atomic E-state index is 12.9. The number of anilines is 3. The Balaban J connectivity index is 1.45. The summed E-state index contributed by atoms with van der Waals surface area (Å²) >= 11 is 0. The Kier molecular flexibility index (Phi) is 5.24. The van der Waals surface area contributed by atoms with Crippen LogP contribution in [-0.4, -0.2) is 44.1 Å². The lowest BCUT2D eigenvalue weighted by Gasteiger charge is -2.36. The van der Waals surface area contributed by atoms with E-state index in [4.69, 9.17) is 0 Å². The molecule has 5 heteroatoms. The van der Waals surface area contributed by atoms with Crippen LogP contribution in [0.4, 0.5) is 17.2 Å². The summed E-state index contributed by atoms with van der Waals surface area (Å²) in [4.78, 5) is 23.7. The lowest BCUT2D eigenvalue weighted by atomic mass is 10.2. The minimum Gasteiger partial charge on any atom is -0.368 e. The highest BCUT2D eigenvalue weighted by Gasteiger charge is 2.20. The molecule has 0 atom stereocenters. The van der Waals surface area contributed by atoms with Gasteiger partial charge >= 0.3 is 0 Å². The number of hydrogen-bond donors (Lipinski definition) is 0. The molecule has 4 rings (SSSR count). The largest absolute Gasteiger partial charge is 0.368 e. The molecule has 1 aliphatic rings. The Morgan fingerprint density at radius 3 is 2.14 bits per heavy atom. The summed E-state index contributed by atoms with van der Waals surface area (Å²) in [6.45, 7) is 3.64. The first-order valence-electron chi connectivity index (χ1n) is 9.56. The molecule has 0 aliphatic carbocycles. The third kappa shape index (κ3) is 3.83. The number of carbonyl (C=O) groups excluding carboxylic acids is 1. The summed E-state index contributed by atoms with van der Waals surface area (Å²) in [6, 6.07) is 23.8. The topological polar surface area (TPSA) is 39.7 Å². The molecule has 3 aromatic rings. The number of carbonyl (C=O) groups is 1. The van der Waals surface area contributed by atoms with Crippen molar-refractivity contribution in [3.05, 3.63) is 84.6 Å². The number of piperazine rings is 1. The van der Waals surface area contributed by atoms with E-state index in [-0.39, 0.29) is 5.91 Å². The second kappa shape index (κ2) is 8.13. The molecule has 28 heavy (non-hydrogen) atoms. The van der Waals surface area contributed by atoms with Crippen LogP contribution in [0.2, 0.25) is 0 Å². The number of amides is 1. The Hall–Kier alpha value is -3.34. The first-order chi connectivity index (χ1) is 13.7. The lowest BCUT2D eigenvalue weighted by Crippen LogP contribution is -2.46. The Morgan fingerprint density at radius 2 is 1.46 bits per heavy atom. The molecule has 142 valence electrons. The van der Waals surface area contributed by atoms with Crippen LogP contribution >= 0.6 is 0 Å². The number of aromatic nitrogens is 1. The monoisotopic (exact) mass is 372 g/mol. The minimum absolute atomic E-state index is 0.0298. The van der Waals surface area contributed by atoms with E-state index in [9.17, 15) is 4.79 Å². The molecule has 0 spiro atoms. The molecule has 5 nitrogen and oxygen atoms in total. The van der Waals surface area contributed by atoms with E-state index < -0.39 is 0 Å². The van der Waals surface area contributed by atoms with Gasteiger partial charge in [-0.1, -0.05) is 36.4 Å². The molecule has 1 aromatic heterocycles. The van der Waals surface area contributed by atoms with Crippen molar-refractivity contribution in [1.29, 1.82) is 0 Å². The summed E-state index contributed by atoms with van der Waals surface area (Å²) in [6.07, 6.45) is 1.73. The Morgan fingerprint density at radius 1 is 0.857 bits per heavy atom. The van der Waals surface area contributed by atoms with Crippen molar-refractivity contribution in [3.63, 3.8) is 0 Å². The van der Waals surface area contributed by atoms with Gasteiger partial charge in [-0.05, 0) is 36.4 Å². The fraction of sp³-hybridized carbons (Fsp3) is 0.217. The predicted octanol–water partition coefficient (Wildman–Crippen LogP) is 3.68. The third-order valence-corrected chi connectivity index (χ3v) is 5.17. The SMILES string of the molecule is CN(C(=O)c1ccnc(N2CCN(c3ccccc3)CC2)c1)c1ccccc1. The molecule has 0 N–H and O–H groups in total. The van der Waals surface area contributed by atoms with Crippen molar-refractivity contribution in [2.24, 2.45) is 0 Å². The van der Waals surface area contributed by atoms with Gasteiger partial charge in [0.25, 0.3) is 5.91 Å². The van der Waals surface area contributed by atoms with E-state index >= 15 is 0 Å². The zero-order valence-electron chi connectivity index (χ0n) is 16.0. The van der Waals surface area contributed by atoms with Crippen LogP contribution in [0, 0.1) is 0 Å². The van der Waals surface area contributed by atoms with Crippen LogP contribution < -0.4 is 14.7 Å². The fourth-order valence-corrected chi connectivity index (χ4v) is 3.52. The van der Waals surface area contributed by atoms with Gasteiger partial charge < -0.3 is 14.7 Å². The number of nitrogens with zero attached hydrogens (tertiary/aromatic N) is 4. The molecular weight excluding hydrogens is 348 g/mol. The van der Waals surface area contributed by atoms with Crippen LogP contribution in [0.15, 0.2) is 79.0 Å². The van der Waals surface area contributed by atoms with Crippen LogP contribution in [0.5, 0.6) is 0 Å². The second-order valence-corrected chi connectivity index (χ2v) is 6.91. The maximum Gasteiger partial charge on any atom is 0.258 e. The van der Waals surface area contributed by atoms with Crippen molar-refractivity contribution >= 4 is 23.1 Å². The van der Waals surface area contributed by atoms with E-state index in [0.29, 0.717) is 5.56 Å². The van der Waals surface area contributed by atoms with E-state index in [2.05, 4.69) is 39.0 Å². The Labute approximate surface area is 165 Å². The van der Waals surface area contributed by atoms with Crippen molar-refractivity contribution in [3.8, 4) is 0 Å². The molecule has 0 bridgehead atoms. The van der Waals surface area contributed by atoms with Crippen LogP contribution in [0.25, 0.3) is 0 Å². The molecular formula is C23H24N4O. The fourth-order valence-electron chi connectivity index (χ4n) is 3.52. The molecule has 1 amide bonds. The molecule has 0 unspecified atom stereocenters. The van der Waals surface area contributed by atoms with Crippen LogP contribution in [-0.2, 0) is 0 Å². The normalized spacial score (nSPS) is 14.0. The molecule has 0 radical (unpaired) electrons. The average molecular weight is 372 g/mol. The van der Waals surface area contributed by atoms with Gasteiger partial charge in [0.05, 0.1) is 0 Å². The van der Waals surface area contributed by atoms with Crippen molar-refractivity contribution < 1.29 is 4.79 Å². The van der Waals surface area contributed by atoms with Crippen molar-refractivity contribution in [2.45, 2.75) is 0 Å². The summed E-state index contributed by atoms with van der Waals surface area (Å²) < 4.78 is 0. The van der Waals surface area contributed by atoms with E-state index in [1.165, 1.54) is 5.69 Å². The van der Waals surface area contributed by atoms with Crippen LogP contribution in [0.3, 0.4) is 0 Å². The molecule has 2 aromatic carbocycles. The van der Waals surface area contributed by atoms with Gasteiger partial charge in [0, 0.05) is 56.4 Å². The quantitative estimate of drug-likeness (QED) is 0.700. The van der Waals surface area contributed by atoms with Crippen molar-refractivity contribution in [1.82, 2.24) is 4.98 Å². The van der Waals surface area contributed by atoms with Gasteiger partial charge in [-0.2, -0.15) is 0 Å². The summed E-state index contributed by atoms with van der Waals surface area (Å²) in [5, 5.41) is 0. The number of pyridine rings is 1. The third-order valence-electron chi connectivity index (χ3n) is 5.17. The van der Waals surface area contributed by atoms with E-state index in [1.54, 1.807) is 24.2 Å². The van der Waals surface area contributed by atoms with Gasteiger partial charge in [-0.25, -0.2) is 4.98 Å². The van der Waals surface area contributed by atoms with Crippen molar-refractivity contribution in [2.75, 3.05) is 47.9 Å². The Bertz CT molecular complexity index is 922. The lowest BCUT2D eigenvalue weighted by molar-refractivity contribution is 0.0993. The van der Waals surface area contributed by atoms with Gasteiger partial charge in [-0.3, -0.25) is 4.79 Å². The van der Waals surface area contributed by atoms with E-state index in [0.717, 1.165) is 37.7 Å². The number of benzene rings is 2. The number of hydrogen-bond acceptors (Lipinski definition) is 4. The van der Waals surface area contributed by atoms with Gasteiger partial charge in [0.2, 0.25) is 0 Å².